The van der Waals surface area contributed by atoms with Gasteiger partial charge < -0.3 is 10.6 Å². The molecule has 0 amide bonds. The summed E-state index contributed by atoms with van der Waals surface area (Å²) in [4.78, 5) is 12.5. The van der Waals surface area contributed by atoms with E-state index in [-0.39, 0.29) is 5.82 Å². The van der Waals surface area contributed by atoms with Gasteiger partial charge in [-0.05, 0) is 12.1 Å². The lowest BCUT2D eigenvalue weighted by molar-refractivity contribution is 0.439. The Hall–Kier alpha value is -2.08. The van der Waals surface area contributed by atoms with Crippen LogP contribution >= 0.6 is 0 Å². The van der Waals surface area contributed by atoms with Crippen molar-refractivity contribution in [3.63, 3.8) is 0 Å². The van der Waals surface area contributed by atoms with E-state index in [1.807, 2.05) is 6.07 Å². The van der Waals surface area contributed by atoms with E-state index in [2.05, 4.69) is 25.6 Å². The minimum absolute atomic E-state index is 0.341. The zero-order chi connectivity index (χ0) is 12.4. The molecule has 3 rings (SSSR count). The van der Waals surface area contributed by atoms with E-state index >= 15 is 0 Å². The lowest BCUT2D eigenvalue weighted by Gasteiger charge is -2.26. The number of pyridine rings is 1. The predicted octanol–water partition coefficient (Wildman–Crippen LogP) is 1.44. The highest BCUT2D eigenvalue weighted by molar-refractivity contribution is 5.47. The summed E-state index contributed by atoms with van der Waals surface area (Å²) in [6.07, 6.45) is 3.10. The van der Waals surface area contributed by atoms with Crippen LogP contribution in [0, 0.1) is 5.82 Å². The van der Waals surface area contributed by atoms with Crippen LogP contribution in [0.15, 0.2) is 30.6 Å². The highest BCUT2D eigenvalue weighted by atomic mass is 19.1. The van der Waals surface area contributed by atoms with Gasteiger partial charge in [0.2, 0.25) is 5.95 Å². The van der Waals surface area contributed by atoms with Gasteiger partial charge in [0.15, 0.2) is 0 Å². The van der Waals surface area contributed by atoms with Crippen LogP contribution in [-0.2, 0) is 0 Å². The van der Waals surface area contributed by atoms with Gasteiger partial charge in [0.1, 0.15) is 11.6 Å². The number of hydrogen-bond donors (Lipinski definition) is 2. The molecule has 0 radical (unpaired) electrons. The first-order valence-corrected chi connectivity index (χ1v) is 5.73. The van der Waals surface area contributed by atoms with Crippen molar-refractivity contribution in [1.82, 2.24) is 20.3 Å². The van der Waals surface area contributed by atoms with Crippen molar-refractivity contribution in [3.8, 4) is 0 Å². The lowest BCUT2D eigenvalue weighted by atomic mass is 9.99. The zero-order valence-electron chi connectivity index (χ0n) is 9.60. The molecule has 2 aromatic heterocycles. The van der Waals surface area contributed by atoms with Crippen molar-refractivity contribution < 1.29 is 4.39 Å². The SMILES string of the molecule is Fc1ccnc(Nc2nccc(C3CNC3)n2)c1. The van der Waals surface area contributed by atoms with Crippen molar-refractivity contribution in [3.05, 3.63) is 42.1 Å². The second-order valence-electron chi connectivity index (χ2n) is 4.14. The van der Waals surface area contributed by atoms with Gasteiger partial charge in [0.25, 0.3) is 0 Å². The Morgan fingerprint density at radius 2 is 2.06 bits per heavy atom. The Labute approximate surface area is 104 Å². The van der Waals surface area contributed by atoms with Crippen LogP contribution in [-0.4, -0.2) is 28.0 Å². The fourth-order valence-corrected chi connectivity index (χ4v) is 1.75. The van der Waals surface area contributed by atoms with Crippen molar-refractivity contribution in [1.29, 1.82) is 0 Å². The predicted molar refractivity (Wildman–Crippen MR) is 65.1 cm³/mol. The highest BCUT2D eigenvalue weighted by Gasteiger charge is 2.20. The summed E-state index contributed by atoms with van der Waals surface area (Å²) in [7, 11) is 0. The van der Waals surface area contributed by atoms with E-state index in [1.54, 1.807) is 6.20 Å². The molecular weight excluding hydrogens is 233 g/mol. The molecule has 1 aliphatic heterocycles. The summed E-state index contributed by atoms with van der Waals surface area (Å²) >= 11 is 0. The summed E-state index contributed by atoms with van der Waals surface area (Å²) in [6.45, 7) is 1.88. The lowest BCUT2D eigenvalue weighted by Crippen LogP contribution is -2.40. The van der Waals surface area contributed by atoms with E-state index in [4.69, 9.17) is 0 Å². The number of halogens is 1. The fourth-order valence-electron chi connectivity index (χ4n) is 1.75. The molecule has 0 saturated carbocycles. The molecule has 92 valence electrons. The molecule has 0 atom stereocenters. The zero-order valence-corrected chi connectivity index (χ0v) is 9.60. The summed E-state index contributed by atoms with van der Waals surface area (Å²) in [5, 5.41) is 6.09. The van der Waals surface area contributed by atoms with Crippen LogP contribution in [0.3, 0.4) is 0 Å². The summed E-state index contributed by atoms with van der Waals surface area (Å²) in [6, 6.07) is 4.50. The average Bonchev–Trinajstić information content (AvgIpc) is 2.27. The Bertz CT molecular complexity index is 556. The number of nitrogens with zero attached hydrogens (tertiary/aromatic N) is 3. The maximum atomic E-state index is 13.0. The van der Waals surface area contributed by atoms with Crippen molar-refractivity contribution in [2.75, 3.05) is 18.4 Å². The van der Waals surface area contributed by atoms with Crippen molar-refractivity contribution in [2.24, 2.45) is 0 Å². The molecular formula is C12H12FN5. The molecule has 1 fully saturated rings. The second kappa shape index (κ2) is 4.66. The van der Waals surface area contributed by atoms with E-state index < -0.39 is 0 Å². The van der Waals surface area contributed by atoms with E-state index in [0.717, 1.165) is 18.8 Å². The molecule has 3 heterocycles. The van der Waals surface area contributed by atoms with Crippen LogP contribution < -0.4 is 10.6 Å². The van der Waals surface area contributed by atoms with Crippen LogP contribution in [0.1, 0.15) is 11.6 Å². The Balaban J connectivity index is 1.79. The highest BCUT2D eigenvalue weighted by Crippen LogP contribution is 2.19. The van der Waals surface area contributed by atoms with Gasteiger partial charge >= 0.3 is 0 Å². The first kappa shape index (κ1) is 11.0. The van der Waals surface area contributed by atoms with Crippen molar-refractivity contribution >= 4 is 11.8 Å². The van der Waals surface area contributed by atoms with Gasteiger partial charge in [-0.3, -0.25) is 0 Å². The van der Waals surface area contributed by atoms with E-state index in [9.17, 15) is 4.39 Å². The quantitative estimate of drug-likeness (QED) is 0.856. The van der Waals surface area contributed by atoms with Gasteiger partial charge in [0.05, 0.1) is 5.69 Å². The monoisotopic (exact) mass is 245 g/mol. The molecule has 2 aromatic rings. The minimum atomic E-state index is -0.341. The molecule has 0 aliphatic carbocycles. The molecule has 6 heteroatoms. The van der Waals surface area contributed by atoms with Crippen molar-refractivity contribution in [2.45, 2.75) is 5.92 Å². The molecule has 0 unspecified atom stereocenters. The first-order chi connectivity index (χ1) is 8.81. The fraction of sp³-hybridized carbons (Fsp3) is 0.250. The summed E-state index contributed by atoms with van der Waals surface area (Å²) < 4.78 is 13.0. The second-order valence-corrected chi connectivity index (χ2v) is 4.14. The third-order valence-corrected chi connectivity index (χ3v) is 2.84. The maximum Gasteiger partial charge on any atom is 0.228 e. The van der Waals surface area contributed by atoms with Gasteiger partial charge in [0, 0.05) is 37.5 Å². The maximum absolute atomic E-state index is 13.0. The third kappa shape index (κ3) is 2.28. The first-order valence-electron chi connectivity index (χ1n) is 5.73. The Kier molecular flexibility index (Phi) is 2.85. The topological polar surface area (TPSA) is 62.7 Å². The largest absolute Gasteiger partial charge is 0.315 e. The van der Waals surface area contributed by atoms with Crippen LogP contribution in [0.2, 0.25) is 0 Å². The average molecular weight is 245 g/mol. The van der Waals surface area contributed by atoms with Gasteiger partial charge in [-0.25, -0.2) is 19.3 Å². The number of nitrogens with one attached hydrogen (secondary N) is 2. The molecule has 2 N–H and O–H groups in total. The number of aromatic nitrogens is 3. The van der Waals surface area contributed by atoms with Crippen LogP contribution in [0.25, 0.3) is 0 Å². The molecule has 1 saturated heterocycles. The van der Waals surface area contributed by atoms with E-state index in [1.165, 1.54) is 18.3 Å². The molecule has 0 bridgehead atoms. The van der Waals surface area contributed by atoms with Gasteiger partial charge in [-0.15, -0.1) is 0 Å². The van der Waals surface area contributed by atoms with E-state index in [0.29, 0.717) is 17.7 Å². The summed E-state index contributed by atoms with van der Waals surface area (Å²) in [5.74, 6) is 0.942. The summed E-state index contributed by atoms with van der Waals surface area (Å²) in [5.41, 5.74) is 0.989. The molecule has 1 aliphatic rings. The standard InChI is InChI=1S/C12H12FN5/c13-9-1-3-15-11(5-9)18-12-16-4-2-10(17-12)8-6-14-7-8/h1-5,8,14H,6-7H2,(H,15,16,17,18). The molecule has 5 nitrogen and oxygen atoms in total. The number of hydrogen-bond acceptors (Lipinski definition) is 5. The van der Waals surface area contributed by atoms with Gasteiger partial charge in [-0.2, -0.15) is 0 Å². The van der Waals surface area contributed by atoms with Gasteiger partial charge in [-0.1, -0.05) is 0 Å². The minimum Gasteiger partial charge on any atom is -0.315 e. The smallest absolute Gasteiger partial charge is 0.228 e. The molecule has 0 aromatic carbocycles. The van der Waals surface area contributed by atoms with Crippen LogP contribution in [0.5, 0.6) is 0 Å². The normalized spacial score (nSPS) is 15.2. The third-order valence-electron chi connectivity index (χ3n) is 2.84. The molecule has 0 spiro atoms. The number of anilines is 2. The van der Waals surface area contributed by atoms with Crippen LogP contribution in [0.4, 0.5) is 16.2 Å². The Morgan fingerprint density at radius 3 is 2.78 bits per heavy atom. The number of rotatable bonds is 3. The molecule has 18 heavy (non-hydrogen) atoms. The Morgan fingerprint density at radius 1 is 1.22 bits per heavy atom.